The van der Waals surface area contributed by atoms with Gasteiger partial charge in [-0.05, 0) is 43.5 Å². The van der Waals surface area contributed by atoms with Crippen LogP contribution in [0.15, 0.2) is 12.1 Å². The molecule has 24 heavy (non-hydrogen) atoms. The van der Waals surface area contributed by atoms with Gasteiger partial charge in [0.15, 0.2) is 16.4 Å². The van der Waals surface area contributed by atoms with E-state index in [1.807, 2.05) is 13.8 Å². The van der Waals surface area contributed by atoms with Crippen molar-refractivity contribution in [3.05, 3.63) is 28.3 Å². The lowest BCUT2D eigenvalue weighted by atomic mass is 10.1. The van der Waals surface area contributed by atoms with Gasteiger partial charge in [0.1, 0.15) is 5.75 Å². The van der Waals surface area contributed by atoms with Crippen molar-refractivity contribution in [2.75, 3.05) is 18.1 Å². The molecular weight excluding hydrogens is 356 g/mol. The van der Waals surface area contributed by atoms with Crippen molar-refractivity contribution in [2.24, 2.45) is 5.92 Å². The summed E-state index contributed by atoms with van der Waals surface area (Å²) in [6, 6.07) is 3.45. The van der Waals surface area contributed by atoms with Crippen LogP contribution < -0.4 is 15.6 Å². The molecule has 0 radical (unpaired) electrons. The minimum absolute atomic E-state index is 0.00271. The molecule has 2 rings (SSSR count). The number of aryl methyl sites for hydroxylation is 2. The quantitative estimate of drug-likeness (QED) is 0.763. The zero-order valence-corrected chi connectivity index (χ0v) is 15.0. The molecule has 1 fully saturated rings. The Kier molecular flexibility index (Phi) is 5.71. The lowest BCUT2D eigenvalue weighted by Crippen LogP contribution is -2.46. The van der Waals surface area contributed by atoms with Crippen molar-refractivity contribution < 1.29 is 22.7 Å². The number of nitrogens with one attached hydrogen (secondary N) is 2. The lowest BCUT2D eigenvalue weighted by molar-refractivity contribution is -0.131. The number of hydrazine groups is 1. The SMILES string of the molecule is Cc1cc(Cl)cc(C)c1OCC(=O)NNC(=O)[C@H]1CCS(=O)(=O)C1. The first kappa shape index (κ1) is 18.5. The molecule has 1 saturated heterocycles. The topological polar surface area (TPSA) is 102 Å². The van der Waals surface area contributed by atoms with E-state index in [2.05, 4.69) is 10.9 Å². The smallest absolute Gasteiger partial charge is 0.276 e. The van der Waals surface area contributed by atoms with Gasteiger partial charge in [-0.25, -0.2) is 8.42 Å². The molecule has 1 aliphatic heterocycles. The van der Waals surface area contributed by atoms with Gasteiger partial charge in [-0.3, -0.25) is 20.4 Å². The van der Waals surface area contributed by atoms with Gasteiger partial charge in [0.2, 0.25) is 5.91 Å². The minimum Gasteiger partial charge on any atom is -0.483 e. The van der Waals surface area contributed by atoms with Gasteiger partial charge in [0, 0.05) is 5.02 Å². The highest BCUT2D eigenvalue weighted by Crippen LogP contribution is 2.26. The fraction of sp³-hybridized carbons (Fsp3) is 0.467. The highest BCUT2D eigenvalue weighted by Gasteiger charge is 2.33. The second-order valence-electron chi connectivity index (χ2n) is 5.79. The normalized spacial score (nSPS) is 18.9. The fourth-order valence-electron chi connectivity index (χ4n) is 2.53. The third-order valence-corrected chi connectivity index (χ3v) is 5.69. The van der Waals surface area contributed by atoms with Crippen LogP contribution in [0.2, 0.25) is 5.02 Å². The van der Waals surface area contributed by atoms with E-state index < -0.39 is 27.6 Å². The van der Waals surface area contributed by atoms with E-state index in [1.54, 1.807) is 12.1 Å². The van der Waals surface area contributed by atoms with E-state index in [0.717, 1.165) is 11.1 Å². The molecule has 1 atom stereocenters. The van der Waals surface area contributed by atoms with Gasteiger partial charge in [-0.1, -0.05) is 11.6 Å². The van der Waals surface area contributed by atoms with Crippen molar-refractivity contribution in [1.29, 1.82) is 0 Å². The number of ether oxygens (including phenoxy) is 1. The third-order valence-electron chi connectivity index (χ3n) is 3.70. The summed E-state index contributed by atoms with van der Waals surface area (Å²) in [5.74, 6) is -1.31. The van der Waals surface area contributed by atoms with Crippen LogP contribution in [0.1, 0.15) is 17.5 Å². The maximum atomic E-state index is 11.8. The molecule has 0 aliphatic carbocycles. The Morgan fingerprint density at radius 3 is 2.42 bits per heavy atom. The Balaban J connectivity index is 1.81. The van der Waals surface area contributed by atoms with Crippen molar-refractivity contribution in [1.82, 2.24) is 10.9 Å². The van der Waals surface area contributed by atoms with Gasteiger partial charge >= 0.3 is 0 Å². The van der Waals surface area contributed by atoms with Gasteiger partial charge < -0.3 is 4.74 Å². The van der Waals surface area contributed by atoms with E-state index in [0.29, 0.717) is 10.8 Å². The molecule has 1 aromatic carbocycles. The number of rotatable bonds is 4. The predicted molar refractivity (Wildman–Crippen MR) is 89.5 cm³/mol. The van der Waals surface area contributed by atoms with Crippen LogP contribution in [0.25, 0.3) is 0 Å². The lowest BCUT2D eigenvalue weighted by Gasteiger charge is -2.14. The molecule has 0 aromatic heterocycles. The summed E-state index contributed by atoms with van der Waals surface area (Å²) in [5, 5.41) is 0.584. The number of amides is 2. The Bertz CT molecular complexity index is 740. The molecule has 9 heteroatoms. The van der Waals surface area contributed by atoms with Gasteiger partial charge in [-0.15, -0.1) is 0 Å². The molecule has 132 valence electrons. The molecule has 2 amide bonds. The van der Waals surface area contributed by atoms with Gasteiger partial charge in [0.25, 0.3) is 5.91 Å². The number of halogens is 1. The molecule has 1 aliphatic rings. The summed E-state index contributed by atoms with van der Waals surface area (Å²) in [6.45, 7) is 3.34. The molecule has 0 bridgehead atoms. The number of sulfone groups is 1. The summed E-state index contributed by atoms with van der Waals surface area (Å²) < 4.78 is 28.1. The van der Waals surface area contributed by atoms with Crippen LogP contribution in [0.5, 0.6) is 5.75 Å². The van der Waals surface area contributed by atoms with Crippen molar-refractivity contribution in [2.45, 2.75) is 20.3 Å². The van der Waals surface area contributed by atoms with Crippen LogP contribution in [0.3, 0.4) is 0 Å². The average Bonchev–Trinajstić information content (AvgIpc) is 2.84. The van der Waals surface area contributed by atoms with Crippen molar-refractivity contribution >= 4 is 33.3 Å². The largest absolute Gasteiger partial charge is 0.483 e. The Hall–Kier alpha value is -1.80. The summed E-state index contributed by atoms with van der Waals surface area (Å²) in [5.41, 5.74) is 6.05. The molecule has 1 heterocycles. The van der Waals surface area contributed by atoms with E-state index in [9.17, 15) is 18.0 Å². The zero-order chi connectivity index (χ0) is 17.9. The van der Waals surface area contributed by atoms with Gasteiger partial charge in [0.05, 0.1) is 17.4 Å². The Morgan fingerprint density at radius 1 is 1.25 bits per heavy atom. The summed E-state index contributed by atoms with van der Waals surface area (Å²) >= 11 is 5.93. The first-order valence-corrected chi connectivity index (χ1v) is 9.56. The average molecular weight is 375 g/mol. The Morgan fingerprint density at radius 2 is 1.88 bits per heavy atom. The number of hydrogen-bond acceptors (Lipinski definition) is 5. The van der Waals surface area contributed by atoms with E-state index >= 15 is 0 Å². The Labute approximate surface area is 145 Å². The molecule has 0 saturated carbocycles. The van der Waals surface area contributed by atoms with Gasteiger partial charge in [-0.2, -0.15) is 0 Å². The third kappa shape index (κ3) is 4.85. The molecule has 0 spiro atoms. The molecular formula is C15H19ClN2O5S. The maximum absolute atomic E-state index is 11.8. The number of carbonyl (C=O) groups excluding carboxylic acids is 2. The van der Waals surface area contributed by atoms with E-state index in [4.69, 9.17) is 16.3 Å². The van der Waals surface area contributed by atoms with E-state index in [1.165, 1.54) is 0 Å². The summed E-state index contributed by atoms with van der Waals surface area (Å²) in [7, 11) is -3.15. The molecule has 1 aromatic rings. The second-order valence-corrected chi connectivity index (χ2v) is 8.46. The summed E-state index contributed by atoms with van der Waals surface area (Å²) in [6.07, 6.45) is 0.268. The van der Waals surface area contributed by atoms with Crippen LogP contribution in [-0.4, -0.2) is 38.3 Å². The molecule has 2 N–H and O–H groups in total. The van der Waals surface area contributed by atoms with E-state index in [-0.39, 0.29) is 24.5 Å². The number of benzene rings is 1. The molecule has 0 unspecified atom stereocenters. The first-order valence-electron chi connectivity index (χ1n) is 7.36. The van der Waals surface area contributed by atoms with Crippen molar-refractivity contribution in [3.63, 3.8) is 0 Å². The zero-order valence-electron chi connectivity index (χ0n) is 13.4. The van der Waals surface area contributed by atoms with Crippen LogP contribution in [-0.2, 0) is 19.4 Å². The van der Waals surface area contributed by atoms with Crippen LogP contribution in [0, 0.1) is 19.8 Å². The fourth-order valence-corrected chi connectivity index (χ4v) is 4.60. The summed E-state index contributed by atoms with van der Waals surface area (Å²) in [4.78, 5) is 23.6. The monoisotopic (exact) mass is 374 g/mol. The minimum atomic E-state index is -3.15. The first-order chi connectivity index (χ1) is 11.2. The highest BCUT2D eigenvalue weighted by molar-refractivity contribution is 7.91. The van der Waals surface area contributed by atoms with Crippen LogP contribution >= 0.6 is 11.6 Å². The molecule has 7 nitrogen and oxygen atoms in total. The predicted octanol–water partition coefficient (Wildman–Crippen LogP) is 0.918. The highest BCUT2D eigenvalue weighted by atomic mass is 35.5. The standard InChI is InChI=1S/C15H19ClN2O5S/c1-9-5-12(16)6-10(2)14(9)23-7-13(19)17-18-15(20)11-3-4-24(21,22)8-11/h5-6,11H,3-4,7-8H2,1-2H3,(H,17,19)(H,18,20)/t11-/m0/s1. The number of hydrogen-bond donors (Lipinski definition) is 2. The maximum Gasteiger partial charge on any atom is 0.276 e. The second kappa shape index (κ2) is 7.40. The van der Waals surface area contributed by atoms with Crippen molar-refractivity contribution in [3.8, 4) is 5.75 Å². The van der Waals surface area contributed by atoms with Crippen LogP contribution in [0.4, 0.5) is 0 Å². The number of carbonyl (C=O) groups is 2.